The molecule has 1 N–H and O–H groups in total. The molecule has 1 atom stereocenters. The van der Waals surface area contributed by atoms with Crippen LogP contribution in [0.3, 0.4) is 0 Å². The Morgan fingerprint density at radius 3 is 2.24 bits per heavy atom. The highest BCUT2D eigenvalue weighted by Crippen LogP contribution is 2.28. The predicted molar refractivity (Wildman–Crippen MR) is 138 cm³/mol. The Labute approximate surface area is 212 Å². The predicted octanol–water partition coefficient (Wildman–Crippen LogP) is 4.26. The first-order valence-electron chi connectivity index (χ1n) is 10.9. The van der Waals surface area contributed by atoms with Gasteiger partial charge in [0.1, 0.15) is 12.6 Å². The van der Waals surface area contributed by atoms with Crippen molar-refractivity contribution in [2.75, 3.05) is 23.7 Å². The van der Waals surface area contributed by atoms with Crippen LogP contribution in [0.4, 0.5) is 5.69 Å². The fourth-order valence-corrected chi connectivity index (χ4v) is 4.39. The molecule has 0 aromatic heterocycles. The molecule has 34 heavy (non-hydrogen) atoms. The van der Waals surface area contributed by atoms with Crippen molar-refractivity contribution < 1.29 is 18.0 Å². The molecule has 186 valence electrons. The van der Waals surface area contributed by atoms with Crippen molar-refractivity contribution in [3.05, 3.63) is 63.6 Å². The van der Waals surface area contributed by atoms with Gasteiger partial charge in [-0.25, -0.2) is 8.42 Å². The zero-order valence-electron chi connectivity index (χ0n) is 20.0. The van der Waals surface area contributed by atoms with Crippen molar-refractivity contribution >= 4 is 50.7 Å². The lowest BCUT2D eigenvalue weighted by molar-refractivity contribution is -0.139. The van der Waals surface area contributed by atoms with E-state index in [0.29, 0.717) is 6.54 Å². The van der Waals surface area contributed by atoms with E-state index in [-0.39, 0.29) is 34.1 Å². The van der Waals surface area contributed by atoms with Crippen molar-refractivity contribution in [1.82, 2.24) is 10.2 Å². The Morgan fingerprint density at radius 2 is 1.68 bits per heavy atom. The molecule has 10 heteroatoms. The Bertz CT molecular complexity index is 1140. The third-order valence-electron chi connectivity index (χ3n) is 5.32. The topological polar surface area (TPSA) is 86.8 Å². The smallest absolute Gasteiger partial charge is 0.244 e. The standard InChI is InChI=1S/C24H31Cl2N3O4S/c1-16(2)13-27-24(31)18(4)28(14-19-9-7-6-8-17(19)3)23(30)15-29(34(5,32)33)20-10-11-21(25)22(26)12-20/h6-12,16,18H,13-15H2,1-5H3,(H,27,31)/t18-/m1/s1. The maximum Gasteiger partial charge on any atom is 0.244 e. The van der Waals surface area contributed by atoms with Gasteiger partial charge in [0.2, 0.25) is 21.8 Å². The number of nitrogens with zero attached hydrogens (tertiary/aromatic N) is 2. The van der Waals surface area contributed by atoms with Gasteiger partial charge in [-0.2, -0.15) is 0 Å². The lowest BCUT2D eigenvalue weighted by Crippen LogP contribution is -2.51. The first-order valence-corrected chi connectivity index (χ1v) is 13.5. The van der Waals surface area contributed by atoms with E-state index in [1.54, 1.807) is 6.92 Å². The van der Waals surface area contributed by atoms with Gasteiger partial charge in [0.25, 0.3) is 0 Å². The van der Waals surface area contributed by atoms with Crippen LogP contribution >= 0.6 is 23.2 Å². The van der Waals surface area contributed by atoms with E-state index in [1.165, 1.54) is 23.1 Å². The zero-order chi connectivity index (χ0) is 25.6. The number of hydrogen-bond acceptors (Lipinski definition) is 4. The summed E-state index contributed by atoms with van der Waals surface area (Å²) in [6.07, 6.45) is 1.01. The third-order valence-corrected chi connectivity index (χ3v) is 7.20. The average molecular weight is 529 g/mol. The summed E-state index contributed by atoms with van der Waals surface area (Å²) in [6, 6.07) is 11.1. The minimum absolute atomic E-state index is 0.154. The quantitative estimate of drug-likeness (QED) is 0.500. The summed E-state index contributed by atoms with van der Waals surface area (Å²) in [4.78, 5) is 27.7. The summed E-state index contributed by atoms with van der Waals surface area (Å²) >= 11 is 12.1. The minimum Gasteiger partial charge on any atom is -0.354 e. The highest BCUT2D eigenvalue weighted by Gasteiger charge is 2.30. The fraction of sp³-hybridized carbons (Fsp3) is 0.417. The molecule has 0 unspecified atom stereocenters. The van der Waals surface area contributed by atoms with Gasteiger partial charge < -0.3 is 10.2 Å². The molecule has 0 spiro atoms. The number of nitrogens with one attached hydrogen (secondary N) is 1. The Kier molecular flexibility index (Phi) is 9.79. The van der Waals surface area contributed by atoms with Crippen molar-refractivity contribution in [3.63, 3.8) is 0 Å². The molecule has 2 aromatic rings. The minimum atomic E-state index is -3.84. The number of benzene rings is 2. The van der Waals surface area contributed by atoms with E-state index in [1.807, 2.05) is 45.0 Å². The van der Waals surface area contributed by atoms with Crippen molar-refractivity contribution in [3.8, 4) is 0 Å². The number of carbonyl (C=O) groups is 2. The molecule has 2 amide bonds. The fourth-order valence-electron chi connectivity index (χ4n) is 3.26. The first kappa shape index (κ1) is 28.0. The SMILES string of the molecule is Cc1ccccc1CN(C(=O)CN(c1ccc(Cl)c(Cl)c1)S(C)(=O)=O)[C@H](C)C(=O)NCC(C)C. The summed E-state index contributed by atoms with van der Waals surface area (Å²) in [5.41, 5.74) is 2.03. The van der Waals surface area contributed by atoms with Crippen LogP contribution in [-0.2, 0) is 26.2 Å². The molecule has 0 heterocycles. The van der Waals surface area contributed by atoms with E-state index in [0.717, 1.165) is 21.7 Å². The molecule has 0 saturated carbocycles. The second-order valence-electron chi connectivity index (χ2n) is 8.63. The van der Waals surface area contributed by atoms with Crippen LogP contribution in [0.1, 0.15) is 31.9 Å². The van der Waals surface area contributed by atoms with Crippen LogP contribution < -0.4 is 9.62 Å². The van der Waals surface area contributed by atoms with Crippen molar-refractivity contribution in [2.45, 2.75) is 40.3 Å². The van der Waals surface area contributed by atoms with Crippen LogP contribution in [0, 0.1) is 12.8 Å². The highest BCUT2D eigenvalue weighted by molar-refractivity contribution is 7.92. The number of hydrogen-bond donors (Lipinski definition) is 1. The first-order chi connectivity index (χ1) is 15.8. The molecule has 0 aliphatic rings. The van der Waals surface area contributed by atoms with E-state index in [9.17, 15) is 18.0 Å². The molecule has 0 saturated heterocycles. The number of sulfonamides is 1. The molecular formula is C24H31Cl2N3O4S. The summed E-state index contributed by atoms with van der Waals surface area (Å²) in [6.45, 7) is 7.63. The monoisotopic (exact) mass is 527 g/mol. The molecule has 0 aliphatic heterocycles. The van der Waals surface area contributed by atoms with Crippen LogP contribution in [0.5, 0.6) is 0 Å². The lowest BCUT2D eigenvalue weighted by atomic mass is 10.1. The third kappa shape index (κ3) is 7.61. The summed E-state index contributed by atoms with van der Waals surface area (Å²) < 4.78 is 26.1. The van der Waals surface area contributed by atoms with E-state index in [4.69, 9.17) is 23.2 Å². The lowest BCUT2D eigenvalue weighted by Gasteiger charge is -2.32. The average Bonchev–Trinajstić information content (AvgIpc) is 2.75. The van der Waals surface area contributed by atoms with E-state index < -0.39 is 28.5 Å². The van der Waals surface area contributed by atoms with E-state index in [2.05, 4.69) is 5.32 Å². The summed E-state index contributed by atoms with van der Waals surface area (Å²) in [7, 11) is -3.84. The van der Waals surface area contributed by atoms with Gasteiger partial charge in [-0.05, 0) is 49.1 Å². The second-order valence-corrected chi connectivity index (χ2v) is 11.4. The van der Waals surface area contributed by atoms with E-state index >= 15 is 0 Å². The molecule has 0 radical (unpaired) electrons. The molecule has 7 nitrogen and oxygen atoms in total. The summed E-state index contributed by atoms with van der Waals surface area (Å²) in [5, 5.41) is 3.28. The van der Waals surface area contributed by atoms with Crippen molar-refractivity contribution in [2.24, 2.45) is 5.92 Å². The molecular weight excluding hydrogens is 497 g/mol. The molecule has 2 rings (SSSR count). The maximum atomic E-state index is 13.5. The van der Waals surface area contributed by atoms with Crippen LogP contribution in [0.15, 0.2) is 42.5 Å². The Hall–Kier alpha value is -2.29. The number of anilines is 1. The number of carbonyl (C=O) groups excluding carboxylic acids is 2. The molecule has 0 bridgehead atoms. The van der Waals surface area contributed by atoms with Gasteiger partial charge in [0.15, 0.2) is 0 Å². The zero-order valence-corrected chi connectivity index (χ0v) is 22.3. The Balaban J connectivity index is 2.40. The van der Waals surface area contributed by atoms with Gasteiger partial charge >= 0.3 is 0 Å². The van der Waals surface area contributed by atoms with Gasteiger partial charge in [-0.1, -0.05) is 61.3 Å². The second kappa shape index (κ2) is 11.9. The van der Waals surface area contributed by atoms with Crippen LogP contribution in [-0.4, -0.2) is 50.5 Å². The number of aryl methyl sites for hydroxylation is 1. The number of amides is 2. The number of halogens is 2. The van der Waals surface area contributed by atoms with Gasteiger partial charge in [-0.3, -0.25) is 13.9 Å². The molecule has 0 aliphatic carbocycles. The largest absolute Gasteiger partial charge is 0.354 e. The van der Waals surface area contributed by atoms with Crippen LogP contribution in [0.2, 0.25) is 10.0 Å². The van der Waals surface area contributed by atoms with Gasteiger partial charge in [-0.15, -0.1) is 0 Å². The van der Waals surface area contributed by atoms with Crippen molar-refractivity contribution in [1.29, 1.82) is 0 Å². The van der Waals surface area contributed by atoms with Crippen LogP contribution in [0.25, 0.3) is 0 Å². The van der Waals surface area contributed by atoms with Gasteiger partial charge in [0.05, 0.1) is 22.0 Å². The van der Waals surface area contributed by atoms with Gasteiger partial charge in [0, 0.05) is 13.1 Å². The molecule has 2 aromatic carbocycles. The maximum absolute atomic E-state index is 13.5. The normalized spacial score (nSPS) is 12.4. The molecule has 0 fully saturated rings. The highest BCUT2D eigenvalue weighted by atomic mass is 35.5. The Morgan fingerprint density at radius 1 is 1.03 bits per heavy atom. The number of rotatable bonds is 10. The summed E-state index contributed by atoms with van der Waals surface area (Å²) in [5.74, 6) is -0.588.